The van der Waals surface area contributed by atoms with E-state index in [2.05, 4.69) is 5.10 Å². The molecule has 1 aromatic carbocycles. The van der Waals surface area contributed by atoms with Gasteiger partial charge in [0.2, 0.25) is 0 Å². The Morgan fingerprint density at radius 3 is 2.67 bits per heavy atom. The number of esters is 1. The van der Waals surface area contributed by atoms with Gasteiger partial charge in [0.25, 0.3) is 5.56 Å². The van der Waals surface area contributed by atoms with Crippen LogP contribution in [0.5, 0.6) is 5.75 Å². The quantitative estimate of drug-likeness (QED) is 0.783. The monoisotopic (exact) mass is 390 g/mol. The molecule has 0 bridgehead atoms. The van der Waals surface area contributed by atoms with E-state index in [1.54, 1.807) is 25.1 Å². The second-order valence-electron chi connectivity index (χ2n) is 6.72. The molecule has 0 unspecified atom stereocenters. The predicted molar refractivity (Wildman–Crippen MR) is 102 cm³/mol. The maximum Gasteiger partial charge on any atom is 0.347 e. The average molecular weight is 391 g/mol. The lowest BCUT2D eigenvalue weighted by Gasteiger charge is -2.23. The van der Waals surface area contributed by atoms with Crippen LogP contribution in [0, 0.1) is 0 Å². The number of carbonyl (C=O) groups excluding carboxylic acids is 1. The molecule has 0 amide bonds. The fraction of sp³-hybridized carbons (Fsp3) is 0.450. The summed E-state index contributed by atoms with van der Waals surface area (Å²) in [4.78, 5) is 25.2. The van der Waals surface area contributed by atoms with E-state index < -0.39 is 11.5 Å². The molecule has 0 aliphatic heterocycles. The molecular formula is C20H23ClN2O4. The molecule has 0 spiro atoms. The highest BCUT2D eigenvalue weighted by Gasteiger charge is 2.29. The molecule has 3 rings (SSSR count). The molecule has 0 atom stereocenters. The fourth-order valence-electron chi connectivity index (χ4n) is 3.51. The van der Waals surface area contributed by atoms with Crippen LogP contribution in [0.3, 0.4) is 0 Å². The van der Waals surface area contributed by atoms with Crippen molar-refractivity contribution in [1.82, 2.24) is 9.78 Å². The number of carbonyl (C=O) groups is 1. The highest BCUT2D eigenvalue weighted by molar-refractivity contribution is 6.31. The number of benzene rings is 1. The van der Waals surface area contributed by atoms with Crippen LogP contribution in [-0.2, 0) is 11.3 Å². The molecule has 0 radical (unpaired) electrons. The third-order valence-corrected chi connectivity index (χ3v) is 5.27. The smallest absolute Gasteiger partial charge is 0.347 e. The van der Waals surface area contributed by atoms with Gasteiger partial charge in [0.05, 0.1) is 13.2 Å². The first-order chi connectivity index (χ1) is 13.0. The zero-order valence-corrected chi connectivity index (χ0v) is 16.0. The van der Waals surface area contributed by atoms with Crippen molar-refractivity contribution < 1.29 is 14.6 Å². The molecule has 1 aromatic heterocycles. The summed E-state index contributed by atoms with van der Waals surface area (Å²) in [6, 6.07) is 7.15. The number of nitrogens with zero attached hydrogens (tertiary/aromatic N) is 2. The largest absolute Gasteiger partial charge is 0.505 e. The normalized spacial score (nSPS) is 14.9. The van der Waals surface area contributed by atoms with Gasteiger partial charge in [-0.25, -0.2) is 9.48 Å². The summed E-state index contributed by atoms with van der Waals surface area (Å²) >= 11 is 6.21. The zero-order chi connectivity index (χ0) is 19.4. The Morgan fingerprint density at radius 1 is 1.30 bits per heavy atom. The van der Waals surface area contributed by atoms with Gasteiger partial charge >= 0.3 is 5.97 Å². The molecule has 144 valence electrons. The van der Waals surface area contributed by atoms with Crippen LogP contribution in [0.15, 0.2) is 29.1 Å². The third-order valence-electron chi connectivity index (χ3n) is 4.91. The van der Waals surface area contributed by atoms with Crippen LogP contribution < -0.4 is 5.56 Å². The maximum atomic E-state index is 12.9. The number of ether oxygens (including phenoxy) is 1. The van der Waals surface area contributed by atoms with Gasteiger partial charge in [-0.15, -0.1) is 0 Å². The van der Waals surface area contributed by atoms with Crippen LogP contribution in [0.4, 0.5) is 0 Å². The van der Waals surface area contributed by atoms with E-state index in [1.165, 1.54) is 4.68 Å². The minimum Gasteiger partial charge on any atom is -0.505 e. The second-order valence-corrected chi connectivity index (χ2v) is 7.13. The summed E-state index contributed by atoms with van der Waals surface area (Å²) in [6.45, 7) is 1.88. The Labute approximate surface area is 162 Å². The van der Waals surface area contributed by atoms with Gasteiger partial charge in [-0.3, -0.25) is 4.79 Å². The van der Waals surface area contributed by atoms with Crippen LogP contribution in [0.1, 0.15) is 66.6 Å². The number of aromatic nitrogens is 2. The van der Waals surface area contributed by atoms with E-state index in [4.69, 9.17) is 16.3 Å². The number of rotatable bonds is 5. The van der Waals surface area contributed by atoms with Crippen LogP contribution >= 0.6 is 11.6 Å². The molecule has 1 saturated carbocycles. The lowest BCUT2D eigenvalue weighted by atomic mass is 9.86. The number of hydrogen-bond donors (Lipinski definition) is 1. The van der Waals surface area contributed by atoms with E-state index in [-0.39, 0.29) is 30.4 Å². The summed E-state index contributed by atoms with van der Waals surface area (Å²) < 4.78 is 6.20. The predicted octanol–water partition coefficient (Wildman–Crippen LogP) is 3.88. The standard InChI is InChI=1S/C20H23ClN2O4/c1-2-27-20(26)16-18(24)17(13-8-4-3-5-9-13)22-23(19(16)25)12-14-10-6-7-11-15(14)21/h6-7,10-11,13,24H,2-5,8-9,12H2,1H3. The molecule has 1 fully saturated rings. The highest BCUT2D eigenvalue weighted by Crippen LogP contribution is 2.36. The van der Waals surface area contributed by atoms with Gasteiger partial charge < -0.3 is 9.84 Å². The van der Waals surface area contributed by atoms with Gasteiger partial charge in [0, 0.05) is 10.9 Å². The molecule has 6 nitrogen and oxygen atoms in total. The second kappa shape index (κ2) is 8.57. The lowest BCUT2D eigenvalue weighted by molar-refractivity contribution is 0.0519. The number of hydrogen-bond acceptors (Lipinski definition) is 5. The Hall–Kier alpha value is -2.34. The molecule has 1 heterocycles. The topological polar surface area (TPSA) is 81.4 Å². The van der Waals surface area contributed by atoms with Crippen molar-refractivity contribution in [3.63, 3.8) is 0 Å². The van der Waals surface area contributed by atoms with E-state index in [1.807, 2.05) is 6.07 Å². The Balaban J connectivity index is 2.11. The van der Waals surface area contributed by atoms with Crippen molar-refractivity contribution in [2.75, 3.05) is 6.61 Å². The maximum absolute atomic E-state index is 12.9. The van der Waals surface area contributed by atoms with Crippen molar-refractivity contribution in [2.45, 2.75) is 51.5 Å². The van der Waals surface area contributed by atoms with Gasteiger partial charge in [-0.05, 0) is 31.4 Å². The summed E-state index contributed by atoms with van der Waals surface area (Å²) in [5.74, 6) is -1.15. The van der Waals surface area contributed by atoms with Crippen molar-refractivity contribution in [1.29, 1.82) is 0 Å². The minimum absolute atomic E-state index is 0.0185. The highest BCUT2D eigenvalue weighted by atomic mass is 35.5. The minimum atomic E-state index is -0.827. The van der Waals surface area contributed by atoms with E-state index in [9.17, 15) is 14.7 Å². The summed E-state index contributed by atoms with van der Waals surface area (Å²) in [6.07, 6.45) is 4.94. The van der Waals surface area contributed by atoms with E-state index in [0.717, 1.165) is 32.1 Å². The Bertz CT molecular complexity index is 888. The number of aromatic hydroxyl groups is 1. The molecule has 1 aliphatic rings. The average Bonchev–Trinajstić information content (AvgIpc) is 2.66. The third kappa shape index (κ3) is 4.16. The first-order valence-electron chi connectivity index (χ1n) is 9.27. The zero-order valence-electron chi connectivity index (χ0n) is 15.3. The van der Waals surface area contributed by atoms with Crippen molar-refractivity contribution in [2.24, 2.45) is 0 Å². The van der Waals surface area contributed by atoms with Gasteiger partial charge in [-0.2, -0.15) is 5.10 Å². The lowest BCUT2D eigenvalue weighted by Crippen LogP contribution is -2.32. The van der Waals surface area contributed by atoms with Crippen molar-refractivity contribution >= 4 is 17.6 Å². The molecule has 7 heteroatoms. The van der Waals surface area contributed by atoms with Crippen molar-refractivity contribution in [3.8, 4) is 5.75 Å². The van der Waals surface area contributed by atoms with Crippen LogP contribution in [0.2, 0.25) is 5.02 Å². The molecule has 27 heavy (non-hydrogen) atoms. The molecule has 1 aliphatic carbocycles. The first kappa shape index (κ1) is 19.4. The van der Waals surface area contributed by atoms with E-state index in [0.29, 0.717) is 16.3 Å². The van der Waals surface area contributed by atoms with Gasteiger partial charge in [0.15, 0.2) is 11.3 Å². The fourth-order valence-corrected chi connectivity index (χ4v) is 3.71. The van der Waals surface area contributed by atoms with Gasteiger partial charge in [0.1, 0.15) is 5.69 Å². The van der Waals surface area contributed by atoms with Gasteiger partial charge in [-0.1, -0.05) is 49.1 Å². The van der Waals surface area contributed by atoms with Crippen LogP contribution in [0.25, 0.3) is 0 Å². The van der Waals surface area contributed by atoms with Crippen molar-refractivity contribution in [3.05, 3.63) is 56.5 Å². The SMILES string of the molecule is CCOC(=O)c1c(O)c(C2CCCCC2)nn(Cc2ccccc2Cl)c1=O. The first-order valence-corrected chi connectivity index (χ1v) is 9.65. The molecule has 0 saturated heterocycles. The van der Waals surface area contributed by atoms with E-state index >= 15 is 0 Å². The molecule has 2 aromatic rings. The number of halogens is 1. The summed E-state index contributed by atoms with van der Waals surface area (Å²) in [7, 11) is 0. The molecule has 1 N–H and O–H groups in total. The Kier molecular flexibility index (Phi) is 6.16. The Morgan fingerprint density at radius 2 is 2.00 bits per heavy atom. The summed E-state index contributed by atoms with van der Waals surface area (Å²) in [5.41, 5.74) is 0.0816. The summed E-state index contributed by atoms with van der Waals surface area (Å²) in [5, 5.41) is 15.6. The van der Waals surface area contributed by atoms with Crippen LogP contribution in [-0.4, -0.2) is 27.5 Å². The molecular weight excluding hydrogens is 368 g/mol.